The molecule has 2 atom stereocenters. The van der Waals surface area contributed by atoms with Gasteiger partial charge in [0.15, 0.2) is 0 Å². The molecule has 5 rings (SSSR count). The summed E-state index contributed by atoms with van der Waals surface area (Å²) in [7, 11) is 0. The van der Waals surface area contributed by atoms with E-state index in [9.17, 15) is 9.59 Å². The van der Waals surface area contributed by atoms with Crippen molar-refractivity contribution < 1.29 is 9.59 Å². The Hall–Kier alpha value is -1.36. The lowest BCUT2D eigenvalue weighted by Crippen LogP contribution is -2.53. The summed E-state index contributed by atoms with van der Waals surface area (Å²) in [6, 6.07) is 7.20. The van der Waals surface area contributed by atoms with Gasteiger partial charge in [-0.15, -0.1) is 0 Å². The zero-order chi connectivity index (χ0) is 18.4. The molecule has 2 N–H and O–H groups in total. The SMILES string of the molecule is CCNC(=O)c1cccc(NC(=O)CC23C[C@H]4C[C@@H](CC(Br)(C4)C2)C3)c1. The van der Waals surface area contributed by atoms with Crippen LogP contribution in [0.4, 0.5) is 5.69 Å². The van der Waals surface area contributed by atoms with Gasteiger partial charge in [0.05, 0.1) is 0 Å². The number of nitrogens with one attached hydrogen (secondary N) is 2. The Morgan fingerprint density at radius 3 is 2.58 bits per heavy atom. The van der Waals surface area contributed by atoms with E-state index in [1.807, 2.05) is 19.1 Å². The second kappa shape index (κ2) is 6.66. The van der Waals surface area contributed by atoms with E-state index in [0.29, 0.717) is 24.2 Å². The first-order valence-corrected chi connectivity index (χ1v) is 10.6. The fourth-order valence-electron chi connectivity index (χ4n) is 6.09. The Balaban J connectivity index is 1.43. The topological polar surface area (TPSA) is 58.2 Å². The van der Waals surface area contributed by atoms with Gasteiger partial charge in [0.2, 0.25) is 5.91 Å². The van der Waals surface area contributed by atoms with E-state index < -0.39 is 0 Å². The van der Waals surface area contributed by atoms with Crippen LogP contribution in [-0.4, -0.2) is 22.7 Å². The predicted molar refractivity (Wildman–Crippen MR) is 106 cm³/mol. The highest BCUT2D eigenvalue weighted by atomic mass is 79.9. The van der Waals surface area contributed by atoms with Crippen molar-refractivity contribution in [3.63, 3.8) is 0 Å². The molecular weight excluding hydrogens is 392 g/mol. The molecular formula is C21H27BrN2O2. The van der Waals surface area contributed by atoms with Gasteiger partial charge in [0.25, 0.3) is 5.91 Å². The lowest BCUT2D eigenvalue weighted by atomic mass is 9.48. The molecule has 0 saturated heterocycles. The maximum absolute atomic E-state index is 12.8. The van der Waals surface area contributed by atoms with Gasteiger partial charge in [-0.05, 0) is 80.9 Å². The molecule has 26 heavy (non-hydrogen) atoms. The van der Waals surface area contributed by atoms with E-state index in [1.165, 1.54) is 32.1 Å². The second-order valence-corrected chi connectivity index (χ2v) is 10.5. The summed E-state index contributed by atoms with van der Waals surface area (Å²) in [5.41, 5.74) is 1.45. The van der Waals surface area contributed by atoms with Crippen LogP contribution >= 0.6 is 15.9 Å². The fourth-order valence-corrected chi connectivity index (χ4v) is 7.60. The summed E-state index contributed by atoms with van der Waals surface area (Å²) in [5.74, 6) is 1.54. The third-order valence-corrected chi connectivity index (χ3v) is 7.32. The largest absolute Gasteiger partial charge is 0.352 e. The van der Waals surface area contributed by atoms with Crippen molar-refractivity contribution in [3.8, 4) is 0 Å². The number of carbonyl (C=O) groups is 2. The highest BCUT2D eigenvalue weighted by Crippen LogP contribution is 2.65. The number of hydrogen-bond acceptors (Lipinski definition) is 2. The average Bonchev–Trinajstić information content (AvgIpc) is 2.52. The Labute approximate surface area is 163 Å². The van der Waals surface area contributed by atoms with Gasteiger partial charge in [-0.1, -0.05) is 22.0 Å². The quantitative estimate of drug-likeness (QED) is 0.691. The number of benzene rings is 1. The number of carbonyl (C=O) groups excluding carboxylic acids is 2. The molecule has 2 amide bonds. The van der Waals surface area contributed by atoms with Crippen molar-refractivity contribution in [2.75, 3.05) is 11.9 Å². The first kappa shape index (κ1) is 18.0. The Kier molecular flexibility index (Phi) is 4.62. The predicted octanol–water partition coefficient (Wildman–Crippen LogP) is 4.50. The summed E-state index contributed by atoms with van der Waals surface area (Å²) in [6.45, 7) is 2.49. The van der Waals surface area contributed by atoms with E-state index in [4.69, 9.17) is 0 Å². The number of halogens is 1. The van der Waals surface area contributed by atoms with Gasteiger partial charge < -0.3 is 10.6 Å². The Bertz CT molecular complexity index is 718. The monoisotopic (exact) mass is 418 g/mol. The zero-order valence-electron chi connectivity index (χ0n) is 15.3. The number of hydrogen-bond donors (Lipinski definition) is 2. The fraction of sp³-hybridized carbons (Fsp3) is 0.619. The number of anilines is 1. The van der Waals surface area contributed by atoms with Crippen LogP contribution in [0.2, 0.25) is 0 Å². The van der Waals surface area contributed by atoms with Gasteiger partial charge >= 0.3 is 0 Å². The van der Waals surface area contributed by atoms with E-state index in [1.54, 1.807) is 12.1 Å². The third kappa shape index (κ3) is 3.55. The third-order valence-electron chi connectivity index (χ3n) is 6.39. The summed E-state index contributed by atoms with van der Waals surface area (Å²) < 4.78 is 0.273. The average molecular weight is 419 g/mol. The van der Waals surface area contributed by atoms with E-state index in [2.05, 4.69) is 26.6 Å². The second-order valence-electron chi connectivity index (χ2n) is 8.78. The summed E-state index contributed by atoms with van der Waals surface area (Å²) in [6.07, 6.45) is 8.03. The van der Waals surface area contributed by atoms with Crippen LogP contribution in [0, 0.1) is 17.3 Å². The summed E-state index contributed by atoms with van der Waals surface area (Å²) in [4.78, 5) is 24.8. The van der Waals surface area contributed by atoms with Crippen LogP contribution in [0.1, 0.15) is 62.2 Å². The molecule has 0 spiro atoms. The molecule has 4 fully saturated rings. The lowest BCUT2D eigenvalue weighted by Gasteiger charge is -2.60. The Morgan fingerprint density at radius 2 is 1.92 bits per heavy atom. The van der Waals surface area contributed by atoms with E-state index in [-0.39, 0.29) is 21.6 Å². The van der Waals surface area contributed by atoms with Crippen LogP contribution in [-0.2, 0) is 4.79 Å². The molecule has 1 aromatic carbocycles. The van der Waals surface area contributed by atoms with Crippen LogP contribution in [0.15, 0.2) is 24.3 Å². The molecule has 0 aliphatic heterocycles. The summed E-state index contributed by atoms with van der Waals surface area (Å²) in [5, 5.41) is 5.83. The first-order valence-electron chi connectivity index (χ1n) is 9.76. The molecule has 0 radical (unpaired) electrons. The molecule has 0 unspecified atom stereocenters. The first-order chi connectivity index (χ1) is 12.4. The summed E-state index contributed by atoms with van der Waals surface area (Å²) >= 11 is 4.01. The molecule has 0 heterocycles. The van der Waals surface area contributed by atoms with Crippen molar-refractivity contribution >= 4 is 33.4 Å². The molecule has 4 saturated carbocycles. The smallest absolute Gasteiger partial charge is 0.251 e. The minimum absolute atomic E-state index is 0.0797. The highest BCUT2D eigenvalue weighted by molar-refractivity contribution is 9.10. The molecule has 4 aliphatic carbocycles. The van der Waals surface area contributed by atoms with Gasteiger partial charge in [-0.3, -0.25) is 9.59 Å². The van der Waals surface area contributed by atoms with Crippen LogP contribution in [0.5, 0.6) is 0 Å². The molecule has 1 aromatic rings. The van der Waals surface area contributed by atoms with Gasteiger partial charge in [0, 0.05) is 28.5 Å². The molecule has 5 heteroatoms. The van der Waals surface area contributed by atoms with Crippen molar-refractivity contribution in [2.45, 2.75) is 56.2 Å². The minimum atomic E-state index is -0.106. The number of alkyl halides is 1. The molecule has 4 aliphatic rings. The molecule has 4 nitrogen and oxygen atoms in total. The van der Waals surface area contributed by atoms with Gasteiger partial charge in [-0.25, -0.2) is 0 Å². The van der Waals surface area contributed by atoms with Crippen LogP contribution < -0.4 is 10.6 Å². The Morgan fingerprint density at radius 1 is 1.19 bits per heavy atom. The van der Waals surface area contributed by atoms with E-state index >= 15 is 0 Å². The van der Waals surface area contributed by atoms with Crippen LogP contribution in [0.25, 0.3) is 0 Å². The van der Waals surface area contributed by atoms with Gasteiger partial charge in [-0.2, -0.15) is 0 Å². The zero-order valence-corrected chi connectivity index (χ0v) is 16.9. The van der Waals surface area contributed by atoms with Crippen molar-refractivity contribution in [2.24, 2.45) is 17.3 Å². The van der Waals surface area contributed by atoms with Crippen LogP contribution in [0.3, 0.4) is 0 Å². The van der Waals surface area contributed by atoms with Crippen molar-refractivity contribution in [1.29, 1.82) is 0 Å². The lowest BCUT2D eigenvalue weighted by molar-refractivity contribution is -0.123. The molecule has 140 valence electrons. The van der Waals surface area contributed by atoms with Crippen molar-refractivity contribution in [1.82, 2.24) is 5.32 Å². The standard InChI is InChI=1S/C21H27BrN2O2/c1-2-23-19(26)16-4-3-5-17(7-16)24-18(25)12-20-8-14-6-15(9-20)11-21(22,10-14)13-20/h3-5,7,14-15H,2,6,8-13H2,1H3,(H,23,26)(H,24,25)/t14-,15-,20?,21?/m1/s1. The maximum Gasteiger partial charge on any atom is 0.251 e. The number of rotatable bonds is 5. The number of amides is 2. The van der Waals surface area contributed by atoms with E-state index in [0.717, 1.165) is 18.3 Å². The maximum atomic E-state index is 12.8. The normalized spacial score (nSPS) is 34.5. The van der Waals surface area contributed by atoms with Gasteiger partial charge in [0.1, 0.15) is 0 Å². The molecule has 4 bridgehead atoms. The minimum Gasteiger partial charge on any atom is -0.352 e. The highest BCUT2D eigenvalue weighted by Gasteiger charge is 2.57. The molecule has 0 aromatic heterocycles. The van der Waals surface area contributed by atoms with Crippen molar-refractivity contribution in [3.05, 3.63) is 29.8 Å².